The summed E-state index contributed by atoms with van der Waals surface area (Å²) in [6.07, 6.45) is 5.59. The van der Waals surface area contributed by atoms with E-state index in [1.165, 1.54) is 0 Å². The molecule has 0 bridgehead atoms. The molecule has 204 valence electrons. The SMILES string of the molecule is CCCOCS(=O)(=O)c1ccc([C@@H]2CC[C@@H](c3cc(OC)c(OC)c(OC)c3)O2)cc1OCC=CCBr. The van der Waals surface area contributed by atoms with Crippen LogP contribution in [0.5, 0.6) is 23.0 Å². The molecule has 8 nitrogen and oxygen atoms in total. The summed E-state index contributed by atoms with van der Waals surface area (Å²) >= 11 is 3.33. The average molecular weight is 600 g/mol. The van der Waals surface area contributed by atoms with Crippen LogP contribution in [0.4, 0.5) is 0 Å². The molecule has 0 radical (unpaired) electrons. The van der Waals surface area contributed by atoms with Gasteiger partial charge in [0.25, 0.3) is 0 Å². The highest BCUT2D eigenvalue weighted by Gasteiger charge is 2.31. The Morgan fingerprint density at radius 1 is 0.946 bits per heavy atom. The Hall–Kier alpha value is -2.27. The van der Waals surface area contributed by atoms with Gasteiger partial charge in [-0.3, -0.25) is 0 Å². The van der Waals surface area contributed by atoms with Gasteiger partial charge in [-0.1, -0.05) is 41.1 Å². The fourth-order valence-corrected chi connectivity index (χ4v) is 5.58. The molecule has 1 aliphatic rings. The average Bonchev–Trinajstić information content (AvgIpc) is 3.40. The lowest BCUT2D eigenvalue weighted by atomic mass is 10.0. The first kappa shape index (κ1) is 29.3. The smallest absolute Gasteiger partial charge is 0.205 e. The van der Waals surface area contributed by atoms with Crippen molar-refractivity contribution >= 4 is 25.8 Å². The van der Waals surface area contributed by atoms with Crippen LogP contribution in [0.15, 0.2) is 47.4 Å². The number of rotatable bonds is 14. The molecule has 0 spiro atoms. The lowest BCUT2D eigenvalue weighted by molar-refractivity contribution is 0.0436. The maximum absolute atomic E-state index is 13.0. The van der Waals surface area contributed by atoms with Gasteiger partial charge >= 0.3 is 0 Å². The van der Waals surface area contributed by atoms with Gasteiger partial charge in [0.2, 0.25) is 15.6 Å². The lowest BCUT2D eigenvalue weighted by Gasteiger charge is -2.19. The van der Waals surface area contributed by atoms with E-state index in [0.717, 1.165) is 30.4 Å². The Morgan fingerprint density at radius 3 is 2.19 bits per heavy atom. The summed E-state index contributed by atoms with van der Waals surface area (Å²) in [4.78, 5) is 0.110. The zero-order valence-electron chi connectivity index (χ0n) is 21.7. The Bertz CT molecular complexity index is 1140. The molecule has 1 saturated heterocycles. The van der Waals surface area contributed by atoms with Crippen molar-refractivity contribution in [2.24, 2.45) is 0 Å². The van der Waals surface area contributed by atoms with Gasteiger partial charge in [0, 0.05) is 11.9 Å². The Balaban J connectivity index is 1.86. The second-order valence-corrected chi connectivity index (χ2v) is 11.0. The van der Waals surface area contributed by atoms with Crippen LogP contribution in [-0.4, -0.2) is 54.2 Å². The van der Waals surface area contributed by atoms with Crippen molar-refractivity contribution in [1.29, 1.82) is 0 Å². The molecule has 1 heterocycles. The number of hydrogen-bond donors (Lipinski definition) is 0. The summed E-state index contributed by atoms with van der Waals surface area (Å²) in [7, 11) is 1.04. The van der Waals surface area contributed by atoms with Crippen molar-refractivity contribution in [2.75, 3.05) is 45.8 Å². The number of alkyl halides is 1. The van der Waals surface area contributed by atoms with Crippen molar-refractivity contribution in [3.63, 3.8) is 0 Å². The Morgan fingerprint density at radius 2 is 1.59 bits per heavy atom. The van der Waals surface area contributed by atoms with E-state index in [0.29, 0.717) is 29.2 Å². The largest absolute Gasteiger partial charge is 0.493 e. The van der Waals surface area contributed by atoms with Crippen LogP contribution < -0.4 is 18.9 Å². The van der Waals surface area contributed by atoms with Gasteiger partial charge in [-0.15, -0.1) is 0 Å². The summed E-state index contributed by atoms with van der Waals surface area (Å²) in [6, 6.07) is 8.92. The van der Waals surface area contributed by atoms with E-state index in [2.05, 4.69) is 15.9 Å². The van der Waals surface area contributed by atoms with E-state index in [4.69, 9.17) is 28.4 Å². The number of allylic oxidation sites excluding steroid dienone is 1. The topological polar surface area (TPSA) is 89.5 Å². The zero-order valence-corrected chi connectivity index (χ0v) is 24.1. The van der Waals surface area contributed by atoms with Gasteiger partial charge in [-0.2, -0.15) is 0 Å². The minimum atomic E-state index is -3.68. The molecule has 0 aliphatic carbocycles. The summed E-state index contributed by atoms with van der Waals surface area (Å²) in [5.41, 5.74) is 1.77. The van der Waals surface area contributed by atoms with Crippen molar-refractivity contribution in [1.82, 2.24) is 0 Å². The third-order valence-electron chi connectivity index (χ3n) is 5.93. The number of benzene rings is 2. The van der Waals surface area contributed by atoms with Crippen LogP contribution in [0.3, 0.4) is 0 Å². The molecular weight excluding hydrogens is 564 g/mol. The van der Waals surface area contributed by atoms with E-state index < -0.39 is 15.8 Å². The number of hydrogen-bond acceptors (Lipinski definition) is 8. The normalized spacial score (nSPS) is 17.8. The van der Waals surface area contributed by atoms with Gasteiger partial charge in [-0.25, -0.2) is 8.42 Å². The summed E-state index contributed by atoms with van der Waals surface area (Å²) < 4.78 is 60.0. The van der Waals surface area contributed by atoms with Crippen LogP contribution in [-0.2, 0) is 19.3 Å². The first-order valence-electron chi connectivity index (χ1n) is 12.1. The van der Waals surface area contributed by atoms with Crippen LogP contribution in [0, 0.1) is 0 Å². The molecule has 0 amide bonds. The molecule has 37 heavy (non-hydrogen) atoms. The van der Waals surface area contributed by atoms with Crippen LogP contribution in [0.2, 0.25) is 0 Å². The number of sulfone groups is 1. The first-order chi connectivity index (χ1) is 17.9. The monoisotopic (exact) mass is 598 g/mol. The minimum absolute atomic E-state index is 0.110. The highest BCUT2D eigenvalue weighted by molar-refractivity contribution is 9.09. The first-order valence-corrected chi connectivity index (χ1v) is 14.9. The third-order valence-corrected chi connectivity index (χ3v) is 7.79. The summed E-state index contributed by atoms with van der Waals surface area (Å²) in [5, 5.41) is 0.685. The second kappa shape index (κ2) is 14.0. The predicted molar refractivity (Wildman–Crippen MR) is 145 cm³/mol. The predicted octanol–water partition coefficient (Wildman–Crippen LogP) is 5.79. The molecule has 2 aromatic carbocycles. The third kappa shape index (κ3) is 7.40. The highest BCUT2D eigenvalue weighted by atomic mass is 79.9. The van der Waals surface area contributed by atoms with Crippen molar-refractivity contribution < 1.29 is 36.8 Å². The molecule has 2 aromatic rings. The Kier molecular flexibility index (Phi) is 11.1. The van der Waals surface area contributed by atoms with Gasteiger partial charge in [0.15, 0.2) is 17.4 Å². The summed E-state index contributed by atoms with van der Waals surface area (Å²) in [5.74, 6) is 1.55. The Labute approximate surface area is 227 Å². The molecule has 0 unspecified atom stereocenters. The highest BCUT2D eigenvalue weighted by Crippen LogP contribution is 2.46. The molecule has 10 heteroatoms. The second-order valence-electron chi connectivity index (χ2n) is 8.43. The van der Waals surface area contributed by atoms with Gasteiger partial charge in [-0.05, 0) is 54.7 Å². The van der Waals surface area contributed by atoms with Gasteiger partial charge in [0.05, 0.1) is 33.5 Å². The quantitative estimate of drug-likeness (QED) is 0.153. The molecular formula is C27H35BrO8S. The van der Waals surface area contributed by atoms with E-state index in [1.54, 1.807) is 39.5 Å². The molecule has 2 atom stereocenters. The standard InChI is InChI=1S/C27H35BrO8S/c1-5-13-34-18-37(29,30)26-11-8-19(15-23(26)35-14-7-6-12-28)21-9-10-22(36-21)20-16-24(31-2)27(33-4)25(17-20)32-3/h6-8,11,15-17,21-22H,5,9-10,12-14,18H2,1-4H3/t21-,22-/m0/s1. The summed E-state index contributed by atoms with van der Waals surface area (Å²) in [6.45, 7) is 2.55. The van der Waals surface area contributed by atoms with Gasteiger partial charge in [0.1, 0.15) is 17.3 Å². The molecule has 1 fully saturated rings. The number of ether oxygens (including phenoxy) is 6. The number of methoxy groups -OCH3 is 3. The number of halogens is 1. The molecule has 0 N–H and O–H groups in total. The van der Waals surface area contributed by atoms with Crippen LogP contribution >= 0.6 is 15.9 Å². The fourth-order valence-electron chi connectivity index (χ4n) is 4.15. The molecule has 3 rings (SSSR count). The van der Waals surface area contributed by atoms with Gasteiger partial charge < -0.3 is 28.4 Å². The minimum Gasteiger partial charge on any atom is -0.493 e. The molecule has 1 aliphatic heterocycles. The van der Waals surface area contributed by atoms with E-state index >= 15 is 0 Å². The maximum Gasteiger partial charge on any atom is 0.205 e. The fraction of sp³-hybridized carbons (Fsp3) is 0.481. The van der Waals surface area contributed by atoms with Crippen molar-refractivity contribution in [3.05, 3.63) is 53.6 Å². The van der Waals surface area contributed by atoms with Crippen molar-refractivity contribution in [2.45, 2.75) is 43.3 Å². The van der Waals surface area contributed by atoms with E-state index in [1.807, 2.05) is 31.2 Å². The zero-order chi connectivity index (χ0) is 26.8. The van der Waals surface area contributed by atoms with Crippen LogP contribution in [0.25, 0.3) is 0 Å². The van der Waals surface area contributed by atoms with Crippen molar-refractivity contribution in [3.8, 4) is 23.0 Å². The maximum atomic E-state index is 13.0. The van der Waals surface area contributed by atoms with Crippen LogP contribution in [0.1, 0.15) is 49.5 Å². The molecule has 0 saturated carbocycles. The lowest BCUT2D eigenvalue weighted by Crippen LogP contribution is -2.13. The molecule has 0 aromatic heterocycles. The van der Waals surface area contributed by atoms with E-state index in [9.17, 15) is 8.42 Å². The van der Waals surface area contributed by atoms with E-state index in [-0.39, 0.29) is 29.5 Å².